The van der Waals surface area contributed by atoms with Crippen molar-refractivity contribution >= 4 is 0 Å². The Hall–Kier alpha value is -0.720. The lowest BCUT2D eigenvalue weighted by atomic mass is 10.3. The Morgan fingerprint density at radius 2 is 2.38 bits per heavy atom. The summed E-state index contributed by atoms with van der Waals surface area (Å²) in [5.41, 5.74) is 1.31. The van der Waals surface area contributed by atoms with E-state index >= 15 is 0 Å². The average molecular weight is 110 g/mol. The molecule has 0 heterocycles. The van der Waals surface area contributed by atoms with Gasteiger partial charge in [0.05, 0.1) is 12.9 Å². The van der Waals surface area contributed by atoms with Crippen molar-refractivity contribution in [1.82, 2.24) is 0 Å². The van der Waals surface area contributed by atoms with Crippen LogP contribution in [0, 0.1) is 0 Å². The molecule has 0 aromatic heterocycles. The topological polar surface area (TPSA) is 9.23 Å². The molecule has 0 bridgehead atoms. The van der Waals surface area contributed by atoms with E-state index in [-0.39, 0.29) is 0 Å². The van der Waals surface area contributed by atoms with Crippen molar-refractivity contribution in [3.63, 3.8) is 0 Å². The highest BCUT2D eigenvalue weighted by atomic mass is 16.5. The van der Waals surface area contributed by atoms with Crippen LogP contribution in [-0.4, -0.2) is 7.11 Å². The Morgan fingerprint density at radius 1 is 1.62 bits per heavy atom. The fraction of sp³-hybridized carbons (Fsp3) is 0.429. The van der Waals surface area contributed by atoms with E-state index < -0.39 is 0 Å². The van der Waals surface area contributed by atoms with Crippen molar-refractivity contribution in [2.24, 2.45) is 0 Å². The molecule has 0 N–H and O–H groups in total. The SMILES string of the molecule is COC1=CC(C)=CC1. The van der Waals surface area contributed by atoms with Gasteiger partial charge in [0.25, 0.3) is 0 Å². The molecule has 1 aliphatic carbocycles. The van der Waals surface area contributed by atoms with Crippen LogP contribution in [0.15, 0.2) is 23.5 Å². The molecule has 0 aromatic rings. The zero-order chi connectivity index (χ0) is 5.98. The van der Waals surface area contributed by atoms with E-state index in [1.54, 1.807) is 7.11 Å². The summed E-state index contributed by atoms with van der Waals surface area (Å²) in [6, 6.07) is 0. The predicted molar refractivity (Wildman–Crippen MR) is 33.5 cm³/mol. The standard InChI is InChI=1S/C7H10O/c1-6-3-4-7(5-6)8-2/h3,5H,4H2,1-2H3. The number of ether oxygens (including phenoxy) is 1. The zero-order valence-corrected chi connectivity index (χ0v) is 5.27. The van der Waals surface area contributed by atoms with E-state index in [9.17, 15) is 0 Å². The van der Waals surface area contributed by atoms with Gasteiger partial charge in [-0.1, -0.05) is 11.6 Å². The van der Waals surface area contributed by atoms with Crippen LogP contribution in [0.1, 0.15) is 13.3 Å². The molecule has 0 unspecified atom stereocenters. The second-order valence-electron chi connectivity index (χ2n) is 1.97. The van der Waals surface area contributed by atoms with Gasteiger partial charge < -0.3 is 4.74 Å². The smallest absolute Gasteiger partial charge is 0.0995 e. The Balaban J connectivity index is 2.56. The second kappa shape index (κ2) is 2.03. The monoisotopic (exact) mass is 110 g/mol. The average Bonchev–Trinajstić information content (AvgIpc) is 2.14. The Kier molecular flexibility index (Phi) is 1.38. The third-order valence-corrected chi connectivity index (χ3v) is 1.28. The molecular weight excluding hydrogens is 100 g/mol. The molecule has 0 amide bonds. The van der Waals surface area contributed by atoms with E-state index in [4.69, 9.17) is 4.74 Å². The summed E-state index contributed by atoms with van der Waals surface area (Å²) in [6.45, 7) is 2.08. The van der Waals surface area contributed by atoms with Crippen LogP contribution in [0.5, 0.6) is 0 Å². The van der Waals surface area contributed by atoms with Gasteiger partial charge >= 0.3 is 0 Å². The van der Waals surface area contributed by atoms with Crippen molar-refractivity contribution in [3.05, 3.63) is 23.5 Å². The first kappa shape index (κ1) is 5.42. The number of allylic oxidation sites excluding steroid dienone is 3. The van der Waals surface area contributed by atoms with Gasteiger partial charge in [-0.2, -0.15) is 0 Å². The summed E-state index contributed by atoms with van der Waals surface area (Å²) in [6.07, 6.45) is 5.18. The van der Waals surface area contributed by atoms with E-state index in [2.05, 4.69) is 19.1 Å². The lowest BCUT2D eigenvalue weighted by Crippen LogP contribution is -1.77. The first-order valence-corrected chi connectivity index (χ1v) is 2.74. The zero-order valence-electron chi connectivity index (χ0n) is 5.27. The van der Waals surface area contributed by atoms with Crippen LogP contribution in [0.4, 0.5) is 0 Å². The molecule has 0 saturated carbocycles. The summed E-state index contributed by atoms with van der Waals surface area (Å²) in [5, 5.41) is 0. The van der Waals surface area contributed by atoms with Crippen LogP contribution in [0.2, 0.25) is 0 Å². The predicted octanol–water partition coefficient (Wildman–Crippen LogP) is 1.87. The fourth-order valence-corrected chi connectivity index (χ4v) is 0.776. The summed E-state index contributed by atoms with van der Waals surface area (Å²) in [5.74, 6) is 1.07. The van der Waals surface area contributed by atoms with Gasteiger partial charge in [0, 0.05) is 6.42 Å². The van der Waals surface area contributed by atoms with Crippen LogP contribution in [0.3, 0.4) is 0 Å². The lowest BCUT2D eigenvalue weighted by molar-refractivity contribution is 0.287. The Morgan fingerprint density at radius 3 is 2.62 bits per heavy atom. The number of rotatable bonds is 1. The first-order valence-electron chi connectivity index (χ1n) is 2.74. The van der Waals surface area contributed by atoms with E-state index in [1.807, 2.05) is 0 Å². The molecule has 0 fully saturated rings. The van der Waals surface area contributed by atoms with Crippen LogP contribution >= 0.6 is 0 Å². The highest BCUT2D eigenvalue weighted by molar-refractivity contribution is 5.27. The normalized spacial score (nSPS) is 17.8. The van der Waals surface area contributed by atoms with Crippen molar-refractivity contribution in [2.75, 3.05) is 7.11 Å². The molecule has 1 nitrogen and oxygen atoms in total. The molecule has 0 atom stereocenters. The van der Waals surface area contributed by atoms with E-state index in [0.29, 0.717) is 0 Å². The third-order valence-electron chi connectivity index (χ3n) is 1.28. The maximum Gasteiger partial charge on any atom is 0.0995 e. The minimum absolute atomic E-state index is 0.975. The van der Waals surface area contributed by atoms with Gasteiger partial charge in [-0.3, -0.25) is 0 Å². The van der Waals surface area contributed by atoms with Gasteiger partial charge in [-0.05, 0) is 13.0 Å². The maximum absolute atomic E-state index is 4.99. The summed E-state index contributed by atoms with van der Waals surface area (Å²) < 4.78 is 4.99. The molecule has 0 spiro atoms. The van der Waals surface area contributed by atoms with Crippen LogP contribution in [0.25, 0.3) is 0 Å². The van der Waals surface area contributed by atoms with Crippen molar-refractivity contribution < 1.29 is 4.74 Å². The molecule has 1 heteroatoms. The highest BCUT2D eigenvalue weighted by Crippen LogP contribution is 2.15. The van der Waals surface area contributed by atoms with E-state index in [1.165, 1.54) is 5.57 Å². The molecule has 8 heavy (non-hydrogen) atoms. The van der Waals surface area contributed by atoms with Gasteiger partial charge in [0.2, 0.25) is 0 Å². The summed E-state index contributed by atoms with van der Waals surface area (Å²) in [4.78, 5) is 0. The first-order chi connectivity index (χ1) is 3.83. The summed E-state index contributed by atoms with van der Waals surface area (Å²) >= 11 is 0. The fourth-order valence-electron chi connectivity index (χ4n) is 0.776. The Bertz CT molecular complexity index is 142. The number of hydrogen-bond acceptors (Lipinski definition) is 1. The van der Waals surface area contributed by atoms with Crippen molar-refractivity contribution in [1.29, 1.82) is 0 Å². The summed E-state index contributed by atoms with van der Waals surface area (Å²) in [7, 11) is 1.71. The molecule has 0 aromatic carbocycles. The van der Waals surface area contributed by atoms with Crippen LogP contribution in [-0.2, 0) is 4.74 Å². The van der Waals surface area contributed by atoms with Crippen LogP contribution < -0.4 is 0 Å². The minimum Gasteiger partial charge on any atom is -0.501 e. The second-order valence-corrected chi connectivity index (χ2v) is 1.97. The molecule has 1 rings (SSSR count). The van der Waals surface area contributed by atoms with Gasteiger partial charge in [0.15, 0.2) is 0 Å². The highest BCUT2D eigenvalue weighted by Gasteiger charge is 2.00. The van der Waals surface area contributed by atoms with Gasteiger partial charge in [-0.25, -0.2) is 0 Å². The van der Waals surface area contributed by atoms with Gasteiger partial charge in [-0.15, -0.1) is 0 Å². The third kappa shape index (κ3) is 0.915. The quantitative estimate of drug-likeness (QED) is 0.500. The number of hydrogen-bond donors (Lipinski definition) is 0. The minimum atomic E-state index is 0.975. The van der Waals surface area contributed by atoms with Crippen molar-refractivity contribution in [3.8, 4) is 0 Å². The largest absolute Gasteiger partial charge is 0.501 e. The molecule has 1 aliphatic rings. The lowest BCUT2D eigenvalue weighted by Gasteiger charge is -1.94. The molecular formula is C7H10O. The Labute approximate surface area is 49.7 Å². The molecule has 0 saturated heterocycles. The van der Waals surface area contributed by atoms with Gasteiger partial charge in [0.1, 0.15) is 0 Å². The molecule has 0 aliphatic heterocycles. The number of methoxy groups -OCH3 is 1. The molecule has 44 valence electrons. The molecule has 0 radical (unpaired) electrons. The maximum atomic E-state index is 4.99. The van der Waals surface area contributed by atoms with E-state index in [0.717, 1.165) is 12.2 Å². The van der Waals surface area contributed by atoms with Crippen molar-refractivity contribution in [2.45, 2.75) is 13.3 Å².